The number of ether oxygens (including phenoxy) is 2. The van der Waals surface area contributed by atoms with Crippen LogP contribution in [0.2, 0.25) is 0 Å². The Hall–Kier alpha value is -4.23. The van der Waals surface area contributed by atoms with E-state index in [0.717, 1.165) is 12.8 Å². The van der Waals surface area contributed by atoms with Crippen molar-refractivity contribution in [2.75, 3.05) is 24.2 Å². The molecule has 2 aliphatic heterocycles. The van der Waals surface area contributed by atoms with Crippen LogP contribution in [0, 0.1) is 5.92 Å². The Kier molecular flexibility index (Phi) is 9.26. The number of anilines is 2. The van der Waals surface area contributed by atoms with Gasteiger partial charge in [-0.25, -0.2) is 4.79 Å². The summed E-state index contributed by atoms with van der Waals surface area (Å²) in [5.74, 6) is -2.24. The fraction of sp³-hybridized carbons (Fsp3) is 0.621. The van der Waals surface area contributed by atoms with Crippen molar-refractivity contribution in [3.8, 4) is 0 Å². The first-order chi connectivity index (χ1) is 20.3. The molecule has 14 heteroatoms. The second-order valence-electron chi connectivity index (χ2n) is 12.2. The first kappa shape index (κ1) is 31.7. The summed E-state index contributed by atoms with van der Waals surface area (Å²) in [6.45, 7) is 5.27. The zero-order valence-corrected chi connectivity index (χ0v) is 24.8. The molecule has 0 aromatic heterocycles. The van der Waals surface area contributed by atoms with E-state index in [1.807, 2.05) is 12.2 Å². The van der Waals surface area contributed by atoms with Gasteiger partial charge in [-0.1, -0.05) is 25.0 Å². The molecule has 2 fully saturated rings. The highest BCUT2D eigenvalue weighted by Crippen LogP contribution is 2.46. The van der Waals surface area contributed by atoms with Gasteiger partial charge in [0.25, 0.3) is 23.2 Å². The SMILES string of the molecule is CNc1c(NC(=O)[C@@]23C[C@H]2/C=C\CCCCC[C@H](NC(=O)OC(C)(C)C)C(=O)N2C[C@H](OC=O)C[C@H]2C(=O)N3)c(=O)c1=O. The van der Waals surface area contributed by atoms with Gasteiger partial charge in [-0.05, 0) is 46.5 Å². The van der Waals surface area contributed by atoms with Crippen molar-refractivity contribution in [2.24, 2.45) is 5.92 Å². The van der Waals surface area contributed by atoms with Crippen LogP contribution in [0.4, 0.5) is 16.2 Å². The number of carbonyl (C=O) groups excluding carboxylic acids is 5. The second kappa shape index (κ2) is 12.6. The number of rotatable bonds is 6. The van der Waals surface area contributed by atoms with Crippen molar-refractivity contribution < 1.29 is 33.4 Å². The highest BCUT2D eigenvalue weighted by molar-refractivity contribution is 6.06. The smallest absolute Gasteiger partial charge is 0.408 e. The molecule has 4 amide bonds. The van der Waals surface area contributed by atoms with Crippen LogP contribution in [0.25, 0.3) is 0 Å². The van der Waals surface area contributed by atoms with Crippen molar-refractivity contribution in [2.45, 2.75) is 95.0 Å². The van der Waals surface area contributed by atoms with Crippen LogP contribution in [0.5, 0.6) is 0 Å². The van der Waals surface area contributed by atoms with Crippen LogP contribution in [0.15, 0.2) is 21.7 Å². The van der Waals surface area contributed by atoms with Crippen LogP contribution in [0.1, 0.15) is 65.7 Å². The van der Waals surface area contributed by atoms with E-state index in [-0.39, 0.29) is 43.2 Å². The normalized spacial score (nSPS) is 28.7. The fourth-order valence-electron chi connectivity index (χ4n) is 5.68. The van der Waals surface area contributed by atoms with Gasteiger partial charge in [-0.2, -0.15) is 0 Å². The van der Waals surface area contributed by atoms with Gasteiger partial charge in [-0.15, -0.1) is 0 Å². The Morgan fingerprint density at radius 1 is 1.09 bits per heavy atom. The topological polar surface area (TPSA) is 189 Å². The van der Waals surface area contributed by atoms with Gasteiger partial charge >= 0.3 is 6.09 Å². The monoisotopic (exact) mass is 601 g/mol. The molecule has 43 heavy (non-hydrogen) atoms. The van der Waals surface area contributed by atoms with Gasteiger partial charge in [-0.3, -0.25) is 28.8 Å². The third-order valence-corrected chi connectivity index (χ3v) is 7.98. The van der Waals surface area contributed by atoms with E-state index >= 15 is 0 Å². The Labute approximate surface area is 248 Å². The Bertz CT molecular complexity index is 1380. The highest BCUT2D eigenvalue weighted by Gasteiger charge is 2.61. The third-order valence-electron chi connectivity index (χ3n) is 7.98. The van der Waals surface area contributed by atoms with Gasteiger partial charge in [0.2, 0.25) is 11.8 Å². The lowest BCUT2D eigenvalue weighted by atomic mass is 10.0. The van der Waals surface area contributed by atoms with Gasteiger partial charge in [0.1, 0.15) is 40.7 Å². The van der Waals surface area contributed by atoms with Crippen molar-refractivity contribution in [3.05, 3.63) is 32.6 Å². The fourth-order valence-corrected chi connectivity index (χ4v) is 5.68. The molecule has 2 heterocycles. The van der Waals surface area contributed by atoms with Crippen LogP contribution < -0.4 is 32.1 Å². The Morgan fingerprint density at radius 2 is 1.81 bits per heavy atom. The van der Waals surface area contributed by atoms with E-state index in [1.165, 1.54) is 11.9 Å². The molecule has 1 aromatic carbocycles. The lowest BCUT2D eigenvalue weighted by Crippen LogP contribution is -2.57. The molecule has 0 bridgehead atoms. The number of amides is 4. The number of hydrogen-bond acceptors (Lipinski definition) is 10. The maximum Gasteiger partial charge on any atom is 0.408 e. The quantitative estimate of drug-likeness (QED) is 0.205. The number of carbonyl (C=O) groups is 5. The van der Waals surface area contributed by atoms with Crippen LogP contribution in [0.3, 0.4) is 0 Å². The summed E-state index contributed by atoms with van der Waals surface area (Å²) >= 11 is 0. The van der Waals surface area contributed by atoms with E-state index in [9.17, 15) is 33.6 Å². The second-order valence-corrected chi connectivity index (χ2v) is 12.2. The number of fused-ring (bicyclic) bond motifs is 2. The molecular formula is C29H39N5O9. The molecule has 5 atom stereocenters. The van der Waals surface area contributed by atoms with E-state index in [2.05, 4.69) is 21.3 Å². The number of hydrogen-bond donors (Lipinski definition) is 4. The minimum Gasteiger partial charge on any atom is -0.463 e. The molecule has 4 N–H and O–H groups in total. The molecule has 1 saturated heterocycles. The van der Waals surface area contributed by atoms with Crippen LogP contribution in [-0.4, -0.2) is 78.1 Å². The van der Waals surface area contributed by atoms with Crippen molar-refractivity contribution >= 4 is 41.7 Å². The largest absolute Gasteiger partial charge is 0.463 e. The van der Waals surface area contributed by atoms with Crippen molar-refractivity contribution in [3.63, 3.8) is 0 Å². The minimum atomic E-state index is -1.43. The van der Waals surface area contributed by atoms with E-state index in [0.29, 0.717) is 19.3 Å². The molecule has 0 radical (unpaired) electrons. The third kappa shape index (κ3) is 6.89. The molecular weight excluding hydrogens is 562 g/mol. The highest BCUT2D eigenvalue weighted by atomic mass is 16.6. The zero-order valence-electron chi connectivity index (χ0n) is 24.8. The summed E-state index contributed by atoms with van der Waals surface area (Å²) in [7, 11) is 1.45. The summed E-state index contributed by atoms with van der Waals surface area (Å²) < 4.78 is 10.5. The summed E-state index contributed by atoms with van der Waals surface area (Å²) in [6, 6.07) is -2.11. The van der Waals surface area contributed by atoms with Crippen LogP contribution >= 0.6 is 0 Å². The molecule has 1 saturated carbocycles. The van der Waals surface area contributed by atoms with Gasteiger partial charge < -0.3 is 35.6 Å². The van der Waals surface area contributed by atoms with E-state index < -0.39 is 64.0 Å². The molecule has 0 spiro atoms. The average molecular weight is 602 g/mol. The minimum absolute atomic E-state index is 0.0177. The predicted molar refractivity (Wildman–Crippen MR) is 155 cm³/mol. The standard InChI is InChI=1S/C29H39N5O9/c1-28(2,3)43-27(41)31-18-11-9-7-5-6-8-10-16-13-29(16,26(40)32-21-20(30-4)22(36)23(21)37)33-24(38)19-12-17(42-15-35)14-34(19)25(18)39/h8,10,15-19,30H,5-7,9,11-14H2,1-4H3,(H,31,41)(H,32,40)(H,33,38)/b10-8-/t16-,17-,18+,19+,29-/m1/s1. The lowest BCUT2D eigenvalue weighted by molar-refractivity contribution is -0.141. The van der Waals surface area contributed by atoms with Crippen molar-refractivity contribution in [1.29, 1.82) is 0 Å². The van der Waals surface area contributed by atoms with Gasteiger partial charge in [0, 0.05) is 19.4 Å². The van der Waals surface area contributed by atoms with E-state index in [1.54, 1.807) is 20.8 Å². The summed E-state index contributed by atoms with van der Waals surface area (Å²) in [5, 5.41) is 10.5. The zero-order chi connectivity index (χ0) is 31.5. The molecule has 14 nitrogen and oxygen atoms in total. The predicted octanol–water partition coefficient (Wildman–Crippen LogP) is 0.694. The number of nitrogens with one attached hydrogen (secondary N) is 4. The summed E-state index contributed by atoms with van der Waals surface area (Å²) in [5.41, 5.74) is -3.99. The van der Waals surface area contributed by atoms with Crippen LogP contribution in [-0.2, 0) is 28.7 Å². The number of alkyl carbamates (subject to hydrolysis) is 1. The number of allylic oxidation sites excluding steroid dienone is 1. The first-order valence-electron chi connectivity index (χ1n) is 14.5. The van der Waals surface area contributed by atoms with Gasteiger partial charge in [0.05, 0.1) is 6.54 Å². The first-order valence-corrected chi connectivity index (χ1v) is 14.5. The Morgan fingerprint density at radius 3 is 2.49 bits per heavy atom. The number of nitrogens with zero attached hydrogens (tertiary/aromatic N) is 1. The Balaban J connectivity index is 1.62. The molecule has 1 aliphatic carbocycles. The van der Waals surface area contributed by atoms with Gasteiger partial charge in [0.15, 0.2) is 0 Å². The summed E-state index contributed by atoms with van der Waals surface area (Å²) in [4.78, 5) is 90.2. The lowest BCUT2D eigenvalue weighted by Gasteiger charge is -2.30. The molecule has 3 aliphatic rings. The molecule has 234 valence electrons. The average Bonchev–Trinajstić information content (AvgIpc) is 3.46. The maximum absolute atomic E-state index is 13.9. The molecule has 0 unspecified atom stereocenters. The summed E-state index contributed by atoms with van der Waals surface area (Å²) in [6.07, 6.45) is 5.61. The molecule has 1 aromatic rings. The van der Waals surface area contributed by atoms with Crippen molar-refractivity contribution in [1.82, 2.24) is 15.5 Å². The maximum atomic E-state index is 13.9. The molecule has 4 rings (SSSR count). The van der Waals surface area contributed by atoms with E-state index in [4.69, 9.17) is 9.47 Å².